The summed E-state index contributed by atoms with van der Waals surface area (Å²) in [5, 5.41) is 3.92. The number of methoxy groups -OCH3 is 1. The Morgan fingerprint density at radius 3 is 2.86 bits per heavy atom. The minimum Gasteiger partial charge on any atom is -0.444 e. The molecule has 0 saturated carbocycles. The van der Waals surface area contributed by atoms with Gasteiger partial charge in [-0.2, -0.15) is 0 Å². The molecule has 0 radical (unpaired) electrons. The van der Waals surface area contributed by atoms with Gasteiger partial charge in [-0.3, -0.25) is 14.7 Å². The molecule has 2 aromatic heterocycles. The van der Waals surface area contributed by atoms with Crippen LogP contribution in [0.25, 0.3) is 10.9 Å². The molecule has 2 amide bonds. The minimum absolute atomic E-state index is 0.104. The van der Waals surface area contributed by atoms with Gasteiger partial charge in [-0.05, 0) is 39.3 Å². The van der Waals surface area contributed by atoms with Gasteiger partial charge in [-0.1, -0.05) is 0 Å². The van der Waals surface area contributed by atoms with Crippen molar-refractivity contribution in [3.05, 3.63) is 30.2 Å². The number of hydrogen-bond donors (Lipinski definition) is 2. The predicted molar refractivity (Wildman–Crippen MR) is 105 cm³/mol. The van der Waals surface area contributed by atoms with E-state index < -0.39 is 17.7 Å². The summed E-state index contributed by atoms with van der Waals surface area (Å²) >= 11 is 0. The highest BCUT2D eigenvalue weighted by Gasteiger charge is 2.41. The van der Waals surface area contributed by atoms with Gasteiger partial charge in [0.15, 0.2) is 0 Å². The molecule has 0 aromatic carbocycles. The van der Waals surface area contributed by atoms with Crippen molar-refractivity contribution in [2.75, 3.05) is 20.3 Å². The van der Waals surface area contributed by atoms with Crippen LogP contribution in [0.4, 0.5) is 4.79 Å². The quantitative estimate of drug-likeness (QED) is 0.820. The molecule has 0 bridgehead atoms. The number of ether oxygens (including phenoxy) is 2. The predicted octanol–water partition coefficient (Wildman–Crippen LogP) is 2.45. The van der Waals surface area contributed by atoms with Crippen LogP contribution >= 0.6 is 0 Å². The number of pyridine rings is 1. The zero-order valence-electron chi connectivity index (χ0n) is 16.8. The summed E-state index contributed by atoms with van der Waals surface area (Å²) in [7, 11) is 1.62. The summed E-state index contributed by atoms with van der Waals surface area (Å²) in [6.07, 6.45) is 3.57. The number of aromatic amines is 1. The lowest BCUT2D eigenvalue weighted by Crippen LogP contribution is -2.47. The van der Waals surface area contributed by atoms with Gasteiger partial charge in [0, 0.05) is 48.6 Å². The summed E-state index contributed by atoms with van der Waals surface area (Å²) in [4.78, 5) is 34.3. The fraction of sp³-hybridized carbons (Fsp3) is 0.550. The second kappa shape index (κ2) is 8.18. The molecule has 8 heteroatoms. The Morgan fingerprint density at radius 1 is 1.39 bits per heavy atom. The second-order valence-electron chi connectivity index (χ2n) is 8.18. The van der Waals surface area contributed by atoms with Gasteiger partial charge in [-0.15, -0.1) is 0 Å². The van der Waals surface area contributed by atoms with E-state index in [0.717, 1.165) is 16.6 Å². The first-order chi connectivity index (χ1) is 13.3. The van der Waals surface area contributed by atoms with Crippen LogP contribution in [0.3, 0.4) is 0 Å². The molecule has 1 fully saturated rings. The molecule has 3 heterocycles. The maximum atomic E-state index is 12.8. The number of nitrogens with zero attached hydrogens (tertiary/aromatic N) is 2. The highest BCUT2D eigenvalue weighted by Crippen LogP contribution is 2.26. The number of aromatic nitrogens is 2. The van der Waals surface area contributed by atoms with E-state index in [-0.39, 0.29) is 11.8 Å². The molecular weight excluding hydrogens is 360 g/mol. The van der Waals surface area contributed by atoms with E-state index in [2.05, 4.69) is 15.3 Å². The monoisotopic (exact) mass is 388 g/mol. The van der Waals surface area contributed by atoms with Crippen molar-refractivity contribution in [2.45, 2.75) is 45.4 Å². The number of H-pyrrole nitrogens is 1. The van der Waals surface area contributed by atoms with Crippen molar-refractivity contribution in [1.29, 1.82) is 0 Å². The standard InChI is InChI=1S/C20H28N4O4/c1-20(2,3)28-19(26)24-11-13(12-27-4)7-17(24)18(25)22-10-15-8-14-9-21-6-5-16(14)23-15/h5-6,8-9,13,17,23H,7,10-12H2,1-4H3,(H,22,25)/t13-,17-/m0/s1. The topological polar surface area (TPSA) is 96.5 Å². The van der Waals surface area contributed by atoms with Gasteiger partial charge in [0.25, 0.3) is 0 Å². The van der Waals surface area contributed by atoms with Crippen molar-refractivity contribution in [3.63, 3.8) is 0 Å². The number of nitrogens with one attached hydrogen (secondary N) is 2. The van der Waals surface area contributed by atoms with E-state index in [1.807, 2.05) is 32.9 Å². The van der Waals surface area contributed by atoms with Gasteiger partial charge in [0.2, 0.25) is 5.91 Å². The van der Waals surface area contributed by atoms with Crippen LogP contribution in [0, 0.1) is 5.92 Å². The van der Waals surface area contributed by atoms with Crippen molar-refractivity contribution >= 4 is 22.9 Å². The first-order valence-corrected chi connectivity index (χ1v) is 9.44. The van der Waals surface area contributed by atoms with E-state index in [1.165, 1.54) is 4.90 Å². The lowest BCUT2D eigenvalue weighted by atomic mass is 10.1. The molecule has 0 unspecified atom stereocenters. The lowest BCUT2D eigenvalue weighted by molar-refractivity contribution is -0.125. The Bertz CT molecular complexity index is 809. The molecule has 0 aliphatic carbocycles. The highest BCUT2D eigenvalue weighted by atomic mass is 16.6. The average Bonchev–Trinajstić information content (AvgIpc) is 3.22. The zero-order chi connectivity index (χ0) is 20.3. The van der Waals surface area contributed by atoms with Gasteiger partial charge in [0.1, 0.15) is 11.6 Å². The molecule has 152 valence electrons. The van der Waals surface area contributed by atoms with Crippen LogP contribution < -0.4 is 5.32 Å². The third-order valence-electron chi connectivity index (χ3n) is 4.65. The number of carbonyl (C=O) groups excluding carboxylic acids is 2. The van der Waals surface area contributed by atoms with Crippen molar-refractivity contribution in [1.82, 2.24) is 20.2 Å². The molecule has 2 N–H and O–H groups in total. The van der Waals surface area contributed by atoms with Crippen LogP contribution in [-0.2, 0) is 20.8 Å². The molecule has 2 atom stereocenters. The maximum Gasteiger partial charge on any atom is 0.410 e. The highest BCUT2D eigenvalue weighted by molar-refractivity contribution is 5.86. The third-order valence-corrected chi connectivity index (χ3v) is 4.65. The van der Waals surface area contributed by atoms with Crippen LogP contribution in [0.15, 0.2) is 24.5 Å². The van der Waals surface area contributed by atoms with E-state index in [9.17, 15) is 9.59 Å². The van der Waals surface area contributed by atoms with E-state index in [1.54, 1.807) is 19.5 Å². The summed E-state index contributed by atoms with van der Waals surface area (Å²) in [6.45, 7) is 6.73. The fourth-order valence-corrected chi connectivity index (χ4v) is 3.48. The number of rotatable bonds is 5. The normalized spacial score (nSPS) is 19.8. The molecule has 1 aliphatic rings. The summed E-state index contributed by atoms with van der Waals surface area (Å²) < 4.78 is 10.7. The largest absolute Gasteiger partial charge is 0.444 e. The van der Waals surface area contributed by atoms with Gasteiger partial charge < -0.3 is 19.8 Å². The first kappa shape index (κ1) is 20.1. The smallest absolute Gasteiger partial charge is 0.410 e. The molecule has 28 heavy (non-hydrogen) atoms. The maximum absolute atomic E-state index is 12.8. The molecule has 3 rings (SSSR count). The van der Waals surface area contributed by atoms with Gasteiger partial charge in [-0.25, -0.2) is 4.79 Å². The Morgan fingerprint density at radius 2 is 2.18 bits per heavy atom. The van der Waals surface area contributed by atoms with Crippen LogP contribution in [-0.4, -0.2) is 58.8 Å². The average molecular weight is 388 g/mol. The Kier molecular flexibility index (Phi) is 5.88. The SMILES string of the molecule is COC[C@H]1C[C@@H](C(=O)NCc2cc3cnccc3[nH]2)N(C(=O)OC(C)(C)C)C1. The van der Waals surface area contributed by atoms with E-state index >= 15 is 0 Å². The number of hydrogen-bond acceptors (Lipinski definition) is 5. The second-order valence-corrected chi connectivity index (χ2v) is 8.18. The fourth-order valence-electron chi connectivity index (χ4n) is 3.48. The zero-order valence-corrected chi connectivity index (χ0v) is 16.8. The Hall–Kier alpha value is -2.61. The van der Waals surface area contributed by atoms with Crippen LogP contribution in [0.2, 0.25) is 0 Å². The van der Waals surface area contributed by atoms with Gasteiger partial charge >= 0.3 is 6.09 Å². The number of amides is 2. The van der Waals surface area contributed by atoms with E-state index in [4.69, 9.17) is 9.47 Å². The Labute approximate surface area is 164 Å². The molecule has 1 saturated heterocycles. The van der Waals surface area contributed by atoms with Crippen LogP contribution in [0.1, 0.15) is 32.9 Å². The number of likely N-dealkylation sites (tertiary alicyclic amines) is 1. The van der Waals surface area contributed by atoms with Crippen molar-refractivity contribution < 1.29 is 19.1 Å². The first-order valence-electron chi connectivity index (χ1n) is 9.44. The Balaban J connectivity index is 1.66. The molecule has 2 aromatic rings. The summed E-state index contributed by atoms with van der Waals surface area (Å²) in [6, 6.07) is 3.27. The molecule has 1 aliphatic heterocycles. The van der Waals surface area contributed by atoms with Gasteiger partial charge in [0.05, 0.1) is 13.2 Å². The van der Waals surface area contributed by atoms with Crippen LogP contribution in [0.5, 0.6) is 0 Å². The number of fused-ring (bicyclic) bond motifs is 1. The molecule has 0 spiro atoms. The van der Waals surface area contributed by atoms with Crippen molar-refractivity contribution in [3.8, 4) is 0 Å². The molecular formula is C20H28N4O4. The minimum atomic E-state index is -0.615. The summed E-state index contributed by atoms with van der Waals surface area (Å²) in [5.74, 6) is -0.0892. The number of carbonyl (C=O) groups is 2. The van der Waals surface area contributed by atoms with Crippen molar-refractivity contribution in [2.24, 2.45) is 5.92 Å². The summed E-state index contributed by atoms with van der Waals surface area (Å²) in [5.41, 5.74) is 1.23. The molecule has 8 nitrogen and oxygen atoms in total. The van der Waals surface area contributed by atoms with E-state index in [0.29, 0.717) is 26.1 Å². The third kappa shape index (κ3) is 4.81. The lowest BCUT2D eigenvalue weighted by Gasteiger charge is -2.28.